The standard InChI is InChI=1S/C23H20ClN7O/c24-16-6-7-20(27-14-16)29-22(32)19-15-28-21(18-5-2-1-4-17(18)19)30-10-12-31(13-11-30)23-25-8-3-9-26-23/h1-9,14-15H,10-13H2,(H,27,29,32). The molecule has 1 fully saturated rings. The number of fused-ring (bicyclic) bond motifs is 1. The van der Waals surface area contributed by atoms with Crippen LogP contribution in [0.3, 0.4) is 0 Å². The highest BCUT2D eigenvalue weighted by molar-refractivity contribution is 6.30. The smallest absolute Gasteiger partial charge is 0.259 e. The summed E-state index contributed by atoms with van der Waals surface area (Å²) in [6.45, 7) is 3.17. The van der Waals surface area contributed by atoms with Crippen LogP contribution in [0.15, 0.2) is 67.3 Å². The van der Waals surface area contributed by atoms with Crippen LogP contribution in [0.1, 0.15) is 10.4 Å². The van der Waals surface area contributed by atoms with Crippen molar-refractivity contribution < 1.29 is 4.79 Å². The molecule has 4 heterocycles. The average Bonchev–Trinajstić information content (AvgIpc) is 2.85. The van der Waals surface area contributed by atoms with Crippen molar-refractivity contribution in [1.82, 2.24) is 19.9 Å². The second-order valence-corrected chi connectivity index (χ2v) is 7.82. The van der Waals surface area contributed by atoms with Gasteiger partial charge in [-0.05, 0) is 23.6 Å². The highest BCUT2D eigenvalue weighted by Crippen LogP contribution is 2.29. The number of anilines is 3. The number of carbonyl (C=O) groups excluding carboxylic acids is 1. The monoisotopic (exact) mass is 445 g/mol. The third kappa shape index (κ3) is 4.04. The molecule has 1 aromatic carbocycles. The molecule has 5 rings (SSSR count). The Kier molecular flexibility index (Phi) is 5.51. The van der Waals surface area contributed by atoms with Crippen LogP contribution < -0.4 is 15.1 Å². The molecular weight excluding hydrogens is 426 g/mol. The summed E-state index contributed by atoms with van der Waals surface area (Å²) in [5, 5.41) is 5.11. The highest BCUT2D eigenvalue weighted by atomic mass is 35.5. The van der Waals surface area contributed by atoms with Gasteiger partial charge in [0.15, 0.2) is 0 Å². The van der Waals surface area contributed by atoms with Crippen LogP contribution in [0.25, 0.3) is 10.8 Å². The van der Waals surface area contributed by atoms with E-state index in [4.69, 9.17) is 11.6 Å². The zero-order valence-corrected chi connectivity index (χ0v) is 17.9. The summed E-state index contributed by atoms with van der Waals surface area (Å²) in [7, 11) is 0. The Morgan fingerprint density at radius 3 is 2.25 bits per heavy atom. The lowest BCUT2D eigenvalue weighted by Gasteiger charge is -2.35. The Bertz CT molecular complexity index is 1240. The maximum absolute atomic E-state index is 12.9. The lowest BCUT2D eigenvalue weighted by atomic mass is 10.1. The number of pyridine rings is 2. The predicted molar refractivity (Wildman–Crippen MR) is 125 cm³/mol. The van der Waals surface area contributed by atoms with E-state index in [-0.39, 0.29) is 5.91 Å². The number of amides is 1. The molecule has 0 radical (unpaired) electrons. The number of hydrogen-bond donors (Lipinski definition) is 1. The maximum Gasteiger partial charge on any atom is 0.259 e. The van der Waals surface area contributed by atoms with Crippen molar-refractivity contribution >= 4 is 45.9 Å². The fourth-order valence-corrected chi connectivity index (χ4v) is 3.93. The average molecular weight is 446 g/mol. The summed E-state index contributed by atoms with van der Waals surface area (Å²) in [5.41, 5.74) is 0.498. The van der Waals surface area contributed by atoms with Crippen molar-refractivity contribution in [2.75, 3.05) is 41.3 Å². The molecular formula is C23H20ClN7O. The Hall–Kier alpha value is -3.78. The Labute approximate surface area is 189 Å². The normalized spacial score (nSPS) is 13.9. The third-order valence-corrected chi connectivity index (χ3v) is 5.63. The number of piperazine rings is 1. The van der Waals surface area contributed by atoms with Gasteiger partial charge in [-0.2, -0.15) is 0 Å². The molecule has 1 saturated heterocycles. The van der Waals surface area contributed by atoms with Gasteiger partial charge >= 0.3 is 0 Å². The molecule has 0 bridgehead atoms. The van der Waals surface area contributed by atoms with Gasteiger partial charge in [0, 0.05) is 56.4 Å². The predicted octanol–water partition coefficient (Wildman–Crippen LogP) is 3.65. The van der Waals surface area contributed by atoms with Gasteiger partial charge < -0.3 is 15.1 Å². The van der Waals surface area contributed by atoms with Gasteiger partial charge in [0.2, 0.25) is 5.95 Å². The number of benzene rings is 1. The van der Waals surface area contributed by atoms with Crippen molar-refractivity contribution in [2.45, 2.75) is 0 Å². The fourth-order valence-electron chi connectivity index (χ4n) is 3.82. The quantitative estimate of drug-likeness (QED) is 0.513. The number of hydrogen-bond acceptors (Lipinski definition) is 7. The second kappa shape index (κ2) is 8.76. The Morgan fingerprint density at radius 1 is 0.812 bits per heavy atom. The SMILES string of the molecule is O=C(Nc1ccc(Cl)cn1)c1cnc(N2CCN(c3ncccn3)CC2)c2ccccc12. The van der Waals surface area contributed by atoms with Crippen LogP contribution in [0, 0.1) is 0 Å². The van der Waals surface area contributed by atoms with Gasteiger partial charge in [-0.25, -0.2) is 19.9 Å². The molecule has 8 nitrogen and oxygen atoms in total. The minimum absolute atomic E-state index is 0.263. The summed E-state index contributed by atoms with van der Waals surface area (Å²) < 4.78 is 0. The minimum Gasteiger partial charge on any atom is -0.353 e. The molecule has 0 atom stereocenters. The van der Waals surface area contributed by atoms with Crippen molar-refractivity contribution in [1.29, 1.82) is 0 Å². The van der Waals surface area contributed by atoms with Crippen molar-refractivity contribution in [3.63, 3.8) is 0 Å². The first-order valence-electron chi connectivity index (χ1n) is 10.3. The molecule has 1 aliphatic rings. The summed E-state index contributed by atoms with van der Waals surface area (Å²) in [6.07, 6.45) is 6.65. The van der Waals surface area contributed by atoms with E-state index in [1.165, 1.54) is 6.20 Å². The second-order valence-electron chi connectivity index (χ2n) is 7.38. The minimum atomic E-state index is -0.263. The highest BCUT2D eigenvalue weighted by Gasteiger charge is 2.23. The molecule has 9 heteroatoms. The zero-order chi connectivity index (χ0) is 21.9. The molecule has 32 heavy (non-hydrogen) atoms. The van der Waals surface area contributed by atoms with Crippen LogP contribution in [0.4, 0.5) is 17.6 Å². The lowest BCUT2D eigenvalue weighted by Crippen LogP contribution is -2.47. The Balaban J connectivity index is 1.39. The topological polar surface area (TPSA) is 87.1 Å². The van der Waals surface area contributed by atoms with E-state index in [1.807, 2.05) is 30.3 Å². The van der Waals surface area contributed by atoms with Crippen molar-refractivity contribution in [3.05, 3.63) is 77.8 Å². The molecule has 160 valence electrons. The van der Waals surface area contributed by atoms with E-state index in [1.54, 1.807) is 30.7 Å². The molecule has 0 saturated carbocycles. The van der Waals surface area contributed by atoms with Crippen molar-refractivity contribution in [3.8, 4) is 0 Å². The number of nitrogens with zero attached hydrogens (tertiary/aromatic N) is 6. The fraction of sp³-hybridized carbons (Fsp3) is 0.174. The molecule has 3 aromatic heterocycles. The zero-order valence-electron chi connectivity index (χ0n) is 17.1. The maximum atomic E-state index is 12.9. The molecule has 0 unspecified atom stereocenters. The largest absolute Gasteiger partial charge is 0.353 e. The third-order valence-electron chi connectivity index (χ3n) is 5.40. The van der Waals surface area contributed by atoms with Crippen LogP contribution >= 0.6 is 11.6 Å². The number of aromatic nitrogens is 4. The molecule has 4 aromatic rings. The van der Waals surface area contributed by atoms with E-state index in [2.05, 4.69) is 35.1 Å². The summed E-state index contributed by atoms with van der Waals surface area (Å²) in [6, 6.07) is 13.0. The van der Waals surface area contributed by atoms with Crippen LogP contribution in [-0.2, 0) is 0 Å². The van der Waals surface area contributed by atoms with Crippen molar-refractivity contribution in [2.24, 2.45) is 0 Å². The van der Waals surface area contributed by atoms with E-state index in [0.717, 1.165) is 48.7 Å². The summed E-state index contributed by atoms with van der Waals surface area (Å²) >= 11 is 5.88. The summed E-state index contributed by atoms with van der Waals surface area (Å²) in [4.78, 5) is 34.9. The Morgan fingerprint density at radius 2 is 1.53 bits per heavy atom. The van der Waals surface area contributed by atoms with E-state index >= 15 is 0 Å². The van der Waals surface area contributed by atoms with Gasteiger partial charge in [-0.1, -0.05) is 35.9 Å². The molecule has 1 aliphatic heterocycles. The number of halogens is 1. The van der Waals surface area contributed by atoms with Gasteiger partial charge in [0.1, 0.15) is 11.6 Å². The van der Waals surface area contributed by atoms with Gasteiger partial charge in [-0.15, -0.1) is 0 Å². The van der Waals surface area contributed by atoms with Gasteiger partial charge in [0.25, 0.3) is 5.91 Å². The number of rotatable bonds is 4. The molecule has 1 amide bonds. The van der Waals surface area contributed by atoms with E-state index in [0.29, 0.717) is 16.4 Å². The van der Waals surface area contributed by atoms with Gasteiger partial charge in [0.05, 0.1) is 10.6 Å². The molecule has 1 N–H and O–H groups in total. The molecule has 0 spiro atoms. The van der Waals surface area contributed by atoms with Crippen LogP contribution in [0.5, 0.6) is 0 Å². The van der Waals surface area contributed by atoms with E-state index < -0.39 is 0 Å². The molecule has 0 aliphatic carbocycles. The number of carbonyl (C=O) groups is 1. The first-order chi connectivity index (χ1) is 15.7. The summed E-state index contributed by atoms with van der Waals surface area (Å²) in [5.74, 6) is 1.79. The van der Waals surface area contributed by atoms with Crippen LogP contribution in [0.2, 0.25) is 5.02 Å². The number of nitrogens with one attached hydrogen (secondary N) is 1. The van der Waals surface area contributed by atoms with Gasteiger partial charge in [-0.3, -0.25) is 4.79 Å². The first kappa shape index (κ1) is 20.1. The first-order valence-corrected chi connectivity index (χ1v) is 10.6. The van der Waals surface area contributed by atoms with E-state index in [9.17, 15) is 4.79 Å². The lowest BCUT2D eigenvalue weighted by molar-refractivity contribution is 0.102. The van der Waals surface area contributed by atoms with Crippen LogP contribution in [-0.4, -0.2) is 52.0 Å².